The molecule has 1 heterocycles. The maximum atomic E-state index is 13.5. The van der Waals surface area contributed by atoms with Crippen molar-refractivity contribution in [3.05, 3.63) is 65.1 Å². The van der Waals surface area contributed by atoms with E-state index in [-0.39, 0.29) is 17.7 Å². The molecule has 2 rings (SSSR count). The molecule has 106 valence electrons. The van der Waals surface area contributed by atoms with E-state index in [0.29, 0.717) is 11.8 Å². The highest BCUT2D eigenvalue weighted by atomic mass is 19.1. The van der Waals surface area contributed by atoms with Crippen LogP contribution < -0.4 is 5.32 Å². The van der Waals surface area contributed by atoms with E-state index in [1.54, 1.807) is 18.2 Å². The van der Waals surface area contributed by atoms with Gasteiger partial charge in [0.25, 0.3) is 5.91 Å². The molecule has 6 heteroatoms. The van der Waals surface area contributed by atoms with Crippen LogP contribution in [0.1, 0.15) is 11.3 Å². The summed E-state index contributed by atoms with van der Waals surface area (Å²) in [5.41, 5.74) is -0.326. The van der Waals surface area contributed by atoms with Gasteiger partial charge in [0.2, 0.25) is 0 Å². The van der Waals surface area contributed by atoms with Crippen molar-refractivity contribution >= 4 is 12.0 Å². The minimum absolute atomic E-state index is 0.0406. The summed E-state index contributed by atoms with van der Waals surface area (Å²) in [6.07, 6.45) is 2.52. The molecule has 1 aromatic heterocycles. The number of hydrogen-bond acceptors (Lipinski definition) is 3. The third-order valence-corrected chi connectivity index (χ3v) is 2.63. The van der Waals surface area contributed by atoms with E-state index in [2.05, 4.69) is 5.32 Å². The first kappa shape index (κ1) is 14.5. The van der Waals surface area contributed by atoms with Crippen molar-refractivity contribution in [2.24, 2.45) is 0 Å². The molecule has 0 fully saturated rings. The van der Waals surface area contributed by atoms with Crippen molar-refractivity contribution < 1.29 is 18.0 Å². The summed E-state index contributed by atoms with van der Waals surface area (Å²) in [5, 5.41) is 11.4. The molecule has 0 unspecified atom stereocenters. The average Bonchev–Trinajstić information content (AvgIpc) is 2.97. The van der Waals surface area contributed by atoms with Crippen LogP contribution in [0.15, 0.2) is 46.6 Å². The SMILES string of the molecule is N#C/C(=C\c1ccc(F)cc1F)C(=O)NCc1ccco1. The smallest absolute Gasteiger partial charge is 0.262 e. The van der Waals surface area contributed by atoms with Gasteiger partial charge >= 0.3 is 0 Å². The second-order valence-electron chi connectivity index (χ2n) is 4.10. The highest BCUT2D eigenvalue weighted by Gasteiger charge is 2.11. The van der Waals surface area contributed by atoms with Gasteiger partial charge in [-0.3, -0.25) is 4.79 Å². The monoisotopic (exact) mass is 288 g/mol. The standard InChI is InChI=1S/C15H10F2N2O2/c16-12-4-3-10(14(17)7-12)6-11(8-18)15(20)19-9-13-2-1-5-21-13/h1-7H,9H2,(H,19,20)/b11-6+. The summed E-state index contributed by atoms with van der Waals surface area (Å²) in [4.78, 5) is 11.8. The van der Waals surface area contributed by atoms with Crippen LogP contribution in [0.5, 0.6) is 0 Å². The molecular weight excluding hydrogens is 278 g/mol. The third kappa shape index (κ3) is 3.76. The van der Waals surface area contributed by atoms with Crippen molar-refractivity contribution in [1.29, 1.82) is 5.26 Å². The Morgan fingerprint density at radius 3 is 2.81 bits per heavy atom. The van der Waals surface area contributed by atoms with Gasteiger partial charge in [0.05, 0.1) is 12.8 Å². The lowest BCUT2D eigenvalue weighted by Gasteiger charge is -2.02. The fraction of sp³-hybridized carbons (Fsp3) is 0.0667. The first-order chi connectivity index (χ1) is 10.1. The number of amides is 1. The van der Waals surface area contributed by atoms with Crippen LogP contribution >= 0.6 is 0 Å². The number of halogens is 2. The Labute approximate surface area is 119 Å². The second-order valence-corrected chi connectivity index (χ2v) is 4.10. The number of nitriles is 1. The number of carbonyl (C=O) groups excluding carboxylic acids is 1. The van der Waals surface area contributed by atoms with E-state index in [1.165, 1.54) is 6.26 Å². The van der Waals surface area contributed by atoms with E-state index in [0.717, 1.165) is 18.2 Å². The molecule has 0 atom stereocenters. The topological polar surface area (TPSA) is 66.0 Å². The first-order valence-corrected chi connectivity index (χ1v) is 5.97. The Morgan fingerprint density at radius 1 is 1.38 bits per heavy atom. The van der Waals surface area contributed by atoms with Crippen LogP contribution in [-0.2, 0) is 11.3 Å². The molecule has 4 nitrogen and oxygen atoms in total. The minimum atomic E-state index is -0.846. The summed E-state index contributed by atoms with van der Waals surface area (Å²) >= 11 is 0. The molecule has 21 heavy (non-hydrogen) atoms. The van der Waals surface area contributed by atoms with E-state index in [1.807, 2.05) is 0 Å². The lowest BCUT2D eigenvalue weighted by Crippen LogP contribution is -2.23. The van der Waals surface area contributed by atoms with Gasteiger partial charge in [-0.2, -0.15) is 5.26 Å². The lowest BCUT2D eigenvalue weighted by molar-refractivity contribution is -0.117. The number of rotatable bonds is 4. The van der Waals surface area contributed by atoms with E-state index < -0.39 is 17.5 Å². The summed E-state index contributed by atoms with van der Waals surface area (Å²) in [6.45, 7) is 0.108. The minimum Gasteiger partial charge on any atom is -0.467 e. The molecule has 0 spiro atoms. The Balaban J connectivity index is 2.13. The predicted molar refractivity (Wildman–Crippen MR) is 70.5 cm³/mol. The van der Waals surface area contributed by atoms with Crippen LogP contribution in [-0.4, -0.2) is 5.91 Å². The lowest BCUT2D eigenvalue weighted by atomic mass is 10.1. The Bertz CT molecular complexity index is 716. The van der Waals surface area contributed by atoms with Crippen molar-refractivity contribution in [2.45, 2.75) is 6.54 Å². The van der Waals surface area contributed by atoms with Gasteiger partial charge in [-0.05, 0) is 30.3 Å². The molecule has 1 N–H and O–H groups in total. The highest BCUT2D eigenvalue weighted by Crippen LogP contribution is 2.13. The van der Waals surface area contributed by atoms with Crippen LogP contribution in [0.3, 0.4) is 0 Å². The van der Waals surface area contributed by atoms with Gasteiger partial charge in [0.1, 0.15) is 29.0 Å². The summed E-state index contributed by atoms with van der Waals surface area (Å²) in [7, 11) is 0. The average molecular weight is 288 g/mol. The quantitative estimate of drug-likeness (QED) is 0.695. The van der Waals surface area contributed by atoms with Gasteiger partial charge in [0, 0.05) is 11.6 Å². The number of furan rings is 1. The highest BCUT2D eigenvalue weighted by molar-refractivity contribution is 6.01. The van der Waals surface area contributed by atoms with E-state index in [4.69, 9.17) is 9.68 Å². The first-order valence-electron chi connectivity index (χ1n) is 5.97. The number of nitrogens with one attached hydrogen (secondary N) is 1. The van der Waals surface area contributed by atoms with Crippen molar-refractivity contribution in [2.75, 3.05) is 0 Å². The Kier molecular flexibility index (Phi) is 4.46. The zero-order valence-electron chi connectivity index (χ0n) is 10.8. The second kappa shape index (κ2) is 6.48. The molecule has 0 aliphatic rings. The molecular formula is C15H10F2N2O2. The maximum absolute atomic E-state index is 13.5. The van der Waals surface area contributed by atoms with Crippen LogP contribution in [0.2, 0.25) is 0 Å². The molecule has 0 aliphatic heterocycles. The number of nitrogens with zero attached hydrogens (tertiary/aromatic N) is 1. The fourth-order valence-corrected chi connectivity index (χ4v) is 1.60. The predicted octanol–water partition coefficient (Wildman–Crippen LogP) is 2.78. The van der Waals surface area contributed by atoms with Gasteiger partial charge in [-0.25, -0.2) is 8.78 Å². The Hall–Kier alpha value is -2.94. The van der Waals surface area contributed by atoms with Gasteiger partial charge < -0.3 is 9.73 Å². The third-order valence-electron chi connectivity index (χ3n) is 2.63. The Morgan fingerprint density at radius 2 is 2.19 bits per heavy atom. The number of hydrogen-bond donors (Lipinski definition) is 1. The molecule has 0 aliphatic carbocycles. The van der Waals surface area contributed by atoms with Crippen molar-refractivity contribution in [3.63, 3.8) is 0 Å². The maximum Gasteiger partial charge on any atom is 0.262 e. The molecule has 0 radical (unpaired) electrons. The summed E-state index contributed by atoms with van der Waals surface area (Å²) in [6, 6.07) is 7.89. The van der Waals surface area contributed by atoms with E-state index in [9.17, 15) is 13.6 Å². The van der Waals surface area contributed by atoms with Crippen molar-refractivity contribution in [3.8, 4) is 6.07 Å². The molecule has 1 amide bonds. The molecule has 1 aromatic carbocycles. The van der Waals surface area contributed by atoms with Crippen LogP contribution in [0, 0.1) is 23.0 Å². The molecule has 0 saturated heterocycles. The summed E-state index contributed by atoms with van der Waals surface area (Å²) in [5.74, 6) is -1.72. The fourth-order valence-electron chi connectivity index (χ4n) is 1.60. The zero-order chi connectivity index (χ0) is 15.2. The largest absolute Gasteiger partial charge is 0.467 e. The molecule has 2 aromatic rings. The van der Waals surface area contributed by atoms with E-state index >= 15 is 0 Å². The van der Waals surface area contributed by atoms with Gasteiger partial charge in [0.15, 0.2) is 0 Å². The zero-order valence-corrected chi connectivity index (χ0v) is 10.8. The van der Waals surface area contributed by atoms with Gasteiger partial charge in [-0.1, -0.05) is 0 Å². The number of carbonyl (C=O) groups is 1. The molecule has 0 saturated carbocycles. The van der Waals surface area contributed by atoms with Crippen LogP contribution in [0.4, 0.5) is 8.78 Å². The van der Waals surface area contributed by atoms with Gasteiger partial charge in [-0.15, -0.1) is 0 Å². The van der Waals surface area contributed by atoms with Crippen molar-refractivity contribution in [1.82, 2.24) is 5.32 Å². The number of benzene rings is 1. The normalized spacial score (nSPS) is 11.0. The molecule has 0 bridgehead atoms. The van der Waals surface area contributed by atoms with Crippen LogP contribution in [0.25, 0.3) is 6.08 Å². The summed E-state index contributed by atoms with van der Waals surface area (Å²) < 4.78 is 31.3.